The first kappa shape index (κ1) is 38.9. The highest BCUT2D eigenvalue weighted by atomic mass is 32.1. The minimum absolute atomic E-state index is 0.852. The molecule has 0 aliphatic rings. The number of thiophene rings is 1. The molecule has 0 radical (unpaired) electrons. The molecule has 13 aromatic rings. The van der Waals surface area contributed by atoms with Crippen molar-refractivity contribution in [1.82, 2.24) is 0 Å². The second-order valence-electron chi connectivity index (χ2n) is 17.2. The zero-order valence-electron chi connectivity index (χ0n) is 36.4. The van der Waals surface area contributed by atoms with Crippen molar-refractivity contribution >= 4 is 81.3 Å². The molecule has 0 unspecified atom stereocenters. The van der Waals surface area contributed by atoms with Crippen molar-refractivity contribution in [3.05, 3.63) is 249 Å². The third-order valence-electron chi connectivity index (χ3n) is 13.3. The molecule has 0 aliphatic carbocycles. The normalized spacial score (nSPS) is 11.6. The van der Waals surface area contributed by atoms with Crippen molar-refractivity contribution in [3.8, 4) is 55.6 Å². The van der Waals surface area contributed by atoms with Gasteiger partial charge in [0.25, 0.3) is 0 Å². The molecule has 0 N–H and O–H groups in total. The molecular weight excluding hydrogens is 831 g/mol. The average molecular weight is 872 g/mol. The summed E-state index contributed by atoms with van der Waals surface area (Å²) in [5.74, 6) is 0. The number of nitrogens with zero attached hydrogens (tertiary/aromatic N) is 1. The predicted molar refractivity (Wildman–Crippen MR) is 286 cm³/mol. The first-order valence-corrected chi connectivity index (χ1v) is 23.6. The van der Waals surface area contributed by atoms with E-state index in [-0.39, 0.29) is 0 Å². The van der Waals surface area contributed by atoms with Crippen LogP contribution in [0.3, 0.4) is 0 Å². The fourth-order valence-corrected chi connectivity index (χ4v) is 11.2. The largest absolute Gasteiger partial charge is 0.456 e. The Morgan fingerprint density at radius 2 is 0.836 bits per heavy atom. The van der Waals surface area contributed by atoms with Crippen molar-refractivity contribution < 1.29 is 4.42 Å². The van der Waals surface area contributed by atoms with Gasteiger partial charge >= 0.3 is 0 Å². The lowest BCUT2D eigenvalue weighted by Gasteiger charge is -2.28. The quantitative estimate of drug-likeness (QED) is 0.151. The van der Waals surface area contributed by atoms with Crippen LogP contribution in [0, 0.1) is 0 Å². The van der Waals surface area contributed by atoms with Gasteiger partial charge in [0.2, 0.25) is 0 Å². The SMILES string of the molecule is c1ccc(-c2ccc3c(c2)oc2cccc(N(c4ccc(-c5ccc(-c6ccc7ccccc7c6)cc5)cc4)c4ccc(-c5ccccc5)c5sc6cc(-c7ccccc7)ccc6c45)c23)cc1. The second-order valence-corrected chi connectivity index (χ2v) is 18.3. The van der Waals surface area contributed by atoms with Crippen LogP contribution in [-0.2, 0) is 0 Å². The summed E-state index contributed by atoms with van der Waals surface area (Å²) in [6, 6.07) is 90.1. The van der Waals surface area contributed by atoms with E-state index in [1.54, 1.807) is 0 Å². The Hall–Kier alpha value is -8.50. The smallest absolute Gasteiger partial charge is 0.137 e. The Labute approximate surface area is 392 Å². The molecule has 11 aromatic carbocycles. The summed E-state index contributed by atoms with van der Waals surface area (Å²) in [7, 11) is 0. The first-order chi connectivity index (χ1) is 33.2. The van der Waals surface area contributed by atoms with E-state index in [0.717, 1.165) is 55.7 Å². The highest BCUT2D eigenvalue weighted by molar-refractivity contribution is 7.26. The lowest BCUT2D eigenvalue weighted by Crippen LogP contribution is -2.11. The van der Waals surface area contributed by atoms with Gasteiger partial charge in [-0.05, 0) is 121 Å². The van der Waals surface area contributed by atoms with Crippen LogP contribution < -0.4 is 4.90 Å². The molecule has 0 bridgehead atoms. The number of furan rings is 1. The average Bonchev–Trinajstić information content (AvgIpc) is 3.98. The van der Waals surface area contributed by atoms with E-state index in [2.05, 4.69) is 254 Å². The summed E-state index contributed by atoms with van der Waals surface area (Å²) in [5, 5.41) is 7.13. The summed E-state index contributed by atoms with van der Waals surface area (Å²) in [6.45, 7) is 0. The fraction of sp³-hybridized carbons (Fsp3) is 0. The zero-order valence-corrected chi connectivity index (χ0v) is 37.3. The van der Waals surface area contributed by atoms with Crippen molar-refractivity contribution in [2.75, 3.05) is 4.90 Å². The summed E-state index contributed by atoms with van der Waals surface area (Å²) in [6.07, 6.45) is 0. The molecule has 3 heteroatoms. The fourth-order valence-electron chi connectivity index (χ4n) is 9.94. The monoisotopic (exact) mass is 871 g/mol. The molecule has 0 spiro atoms. The van der Waals surface area contributed by atoms with Crippen molar-refractivity contribution in [1.29, 1.82) is 0 Å². The Morgan fingerprint density at radius 1 is 0.313 bits per heavy atom. The van der Waals surface area contributed by atoms with E-state index < -0.39 is 0 Å². The van der Waals surface area contributed by atoms with Gasteiger partial charge in [-0.3, -0.25) is 0 Å². The van der Waals surface area contributed by atoms with E-state index in [1.807, 2.05) is 11.3 Å². The third kappa shape index (κ3) is 6.88. The van der Waals surface area contributed by atoms with Gasteiger partial charge in [-0.2, -0.15) is 0 Å². The van der Waals surface area contributed by atoms with Crippen LogP contribution in [0.1, 0.15) is 0 Å². The lowest BCUT2D eigenvalue weighted by atomic mass is 9.97. The van der Waals surface area contributed by atoms with E-state index in [4.69, 9.17) is 4.42 Å². The molecule has 0 saturated heterocycles. The maximum absolute atomic E-state index is 6.77. The van der Waals surface area contributed by atoms with Crippen LogP contribution in [0.25, 0.3) is 109 Å². The molecule has 0 saturated carbocycles. The maximum Gasteiger partial charge on any atom is 0.137 e. The van der Waals surface area contributed by atoms with Crippen LogP contribution in [-0.4, -0.2) is 0 Å². The summed E-state index contributed by atoms with van der Waals surface area (Å²) in [5.41, 5.74) is 16.9. The van der Waals surface area contributed by atoms with Gasteiger partial charge in [0.05, 0.1) is 16.8 Å². The minimum Gasteiger partial charge on any atom is -0.456 e. The van der Waals surface area contributed by atoms with Crippen LogP contribution in [0.4, 0.5) is 17.1 Å². The molecule has 2 heterocycles. The zero-order chi connectivity index (χ0) is 44.3. The van der Waals surface area contributed by atoms with Crippen LogP contribution in [0.2, 0.25) is 0 Å². The highest BCUT2D eigenvalue weighted by Gasteiger charge is 2.25. The molecule has 67 heavy (non-hydrogen) atoms. The van der Waals surface area contributed by atoms with E-state index >= 15 is 0 Å². The second kappa shape index (κ2) is 16.2. The molecule has 0 fully saturated rings. The molecule has 2 nitrogen and oxygen atoms in total. The maximum atomic E-state index is 6.77. The van der Waals surface area contributed by atoms with Crippen molar-refractivity contribution in [2.45, 2.75) is 0 Å². The topological polar surface area (TPSA) is 16.4 Å². The van der Waals surface area contributed by atoms with Crippen LogP contribution in [0.15, 0.2) is 253 Å². The number of anilines is 3. The predicted octanol–water partition coefficient (Wildman–Crippen LogP) is 18.9. The lowest BCUT2D eigenvalue weighted by molar-refractivity contribution is 0.669. The summed E-state index contributed by atoms with van der Waals surface area (Å²) < 4.78 is 9.28. The minimum atomic E-state index is 0.852. The number of benzene rings is 11. The van der Waals surface area contributed by atoms with Crippen LogP contribution in [0.5, 0.6) is 0 Å². The van der Waals surface area contributed by atoms with Crippen molar-refractivity contribution in [2.24, 2.45) is 0 Å². The Kier molecular flexibility index (Phi) is 9.40. The van der Waals surface area contributed by atoms with Gasteiger partial charge < -0.3 is 9.32 Å². The molecule has 2 aromatic heterocycles. The molecule has 314 valence electrons. The van der Waals surface area contributed by atoms with Gasteiger partial charge in [-0.1, -0.05) is 194 Å². The molecule has 13 rings (SSSR count). The summed E-state index contributed by atoms with van der Waals surface area (Å²) in [4.78, 5) is 2.46. The third-order valence-corrected chi connectivity index (χ3v) is 14.5. The number of rotatable bonds is 8. The van der Waals surface area contributed by atoms with E-state index in [1.165, 1.54) is 69.9 Å². The number of hydrogen-bond acceptors (Lipinski definition) is 3. The Morgan fingerprint density at radius 3 is 1.54 bits per heavy atom. The van der Waals surface area contributed by atoms with Gasteiger partial charge in [-0.25, -0.2) is 0 Å². The molecule has 0 amide bonds. The Balaban J connectivity index is 0.997. The molecule has 0 aliphatic heterocycles. The van der Waals surface area contributed by atoms with Gasteiger partial charge in [-0.15, -0.1) is 11.3 Å². The van der Waals surface area contributed by atoms with Crippen molar-refractivity contribution in [3.63, 3.8) is 0 Å². The summed E-state index contributed by atoms with van der Waals surface area (Å²) >= 11 is 1.88. The van der Waals surface area contributed by atoms with Gasteiger partial charge in [0.1, 0.15) is 11.2 Å². The highest BCUT2D eigenvalue weighted by Crippen LogP contribution is 2.51. The van der Waals surface area contributed by atoms with Gasteiger partial charge in [0.15, 0.2) is 0 Å². The van der Waals surface area contributed by atoms with Gasteiger partial charge in [0, 0.05) is 31.2 Å². The number of hydrogen-bond donors (Lipinski definition) is 0. The Bertz CT molecular complexity index is 3950. The van der Waals surface area contributed by atoms with E-state index in [9.17, 15) is 0 Å². The van der Waals surface area contributed by atoms with Crippen LogP contribution >= 0.6 is 11.3 Å². The molecule has 0 atom stereocenters. The molecular formula is C64H41NOS. The van der Waals surface area contributed by atoms with E-state index in [0.29, 0.717) is 0 Å². The number of fused-ring (bicyclic) bond motifs is 7. The first-order valence-electron chi connectivity index (χ1n) is 22.8. The standard InChI is InChI=1S/C64H41NOS/c1-4-13-42(14-5-1)51-31-35-55-60(40-51)66-59-22-12-21-57(62(55)59)65(53-33-29-46(30-34-53)45-23-25-47(26-24-45)50-28-27-44-17-10-11-20-49(44)39-50)58-38-37-54(48-18-8-3-9-19-48)64-63(58)56-36-32-52(41-61(56)67-64)43-15-6-2-7-16-43/h1-41H.